The van der Waals surface area contributed by atoms with Gasteiger partial charge < -0.3 is 16.0 Å². The molecule has 1 saturated carbocycles. The van der Waals surface area contributed by atoms with Crippen molar-refractivity contribution in [2.24, 2.45) is 5.73 Å². The normalized spacial score (nSPS) is 14.4. The van der Waals surface area contributed by atoms with E-state index in [0.717, 1.165) is 48.1 Å². The van der Waals surface area contributed by atoms with Crippen LogP contribution in [0.25, 0.3) is 0 Å². The summed E-state index contributed by atoms with van der Waals surface area (Å²) in [5, 5.41) is 3.28. The molecule has 1 heterocycles. The average molecular weight is 428 g/mol. The van der Waals surface area contributed by atoms with E-state index in [1.807, 2.05) is 39.0 Å². The van der Waals surface area contributed by atoms with Crippen LogP contribution in [0.4, 0.5) is 5.00 Å². The fraction of sp³-hybridized carbons (Fsp3) is 0.435. The van der Waals surface area contributed by atoms with Crippen LogP contribution in [0.15, 0.2) is 24.3 Å². The van der Waals surface area contributed by atoms with Gasteiger partial charge in [-0.1, -0.05) is 37.0 Å². The maximum absolute atomic E-state index is 13.3. The molecule has 0 atom stereocenters. The van der Waals surface area contributed by atoms with Crippen LogP contribution in [0.3, 0.4) is 0 Å². The zero-order valence-electron chi connectivity index (χ0n) is 17.8. The smallest absolute Gasteiger partial charge is 0.254 e. The molecule has 0 bridgehead atoms. The van der Waals surface area contributed by atoms with Crippen molar-refractivity contribution in [2.75, 3.05) is 11.9 Å². The molecule has 0 unspecified atom stereocenters. The zero-order chi connectivity index (χ0) is 21.8. The Hall–Kier alpha value is -2.67. The number of hydrogen-bond donors (Lipinski definition) is 2. The highest BCUT2D eigenvalue weighted by Crippen LogP contribution is 2.32. The molecule has 1 fully saturated rings. The zero-order valence-corrected chi connectivity index (χ0v) is 18.6. The van der Waals surface area contributed by atoms with Crippen molar-refractivity contribution < 1.29 is 14.4 Å². The summed E-state index contributed by atoms with van der Waals surface area (Å²) in [6, 6.07) is 7.49. The van der Waals surface area contributed by atoms with Crippen molar-refractivity contribution in [3.8, 4) is 0 Å². The molecule has 0 aliphatic heterocycles. The van der Waals surface area contributed by atoms with Gasteiger partial charge in [-0.25, -0.2) is 0 Å². The Balaban J connectivity index is 1.82. The van der Waals surface area contributed by atoms with E-state index in [-0.39, 0.29) is 24.4 Å². The van der Waals surface area contributed by atoms with Crippen LogP contribution < -0.4 is 11.1 Å². The van der Waals surface area contributed by atoms with E-state index in [1.165, 1.54) is 11.3 Å². The Morgan fingerprint density at radius 2 is 1.83 bits per heavy atom. The molecule has 30 heavy (non-hydrogen) atoms. The summed E-state index contributed by atoms with van der Waals surface area (Å²) in [4.78, 5) is 40.7. The standard InChI is InChI=1S/C23H29N3O3S/c1-14-8-7-9-17(12-14)23(29)26(18-10-5-4-6-11-18)13-19(27)25-22-20(21(24)28)15(2)16(3)30-22/h7-9,12,18H,4-6,10-11,13H2,1-3H3,(H2,24,28)(H,25,27). The SMILES string of the molecule is Cc1cccc(C(=O)N(CC(=O)Nc2sc(C)c(C)c2C(N)=O)C2CCCCC2)c1. The molecule has 0 spiro atoms. The van der Waals surface area contributed by atoms with Gasteiger partial charge in [-0.15, -0.1) is 11.3 Å². The number of amides is 3. The Kier molecular flexibility index (Phi) is 6.92. The third-order valence-electron chi connectivity index (χ3n) is 5.74. The van der Waals surface area contributed by atoms with Gasteiger partial charge in [-0.05, 0) is 51.3 Å². The number of anilines is 1. The highest BCUT2D eigenvalue weighted by Gasteiger charge is 2.29. The predicted octanol–water partition coefficient (Wildman–Crippen LogP) is 4.19. The second-order valence-corrected chi connectivity index (χ2v) is 9.22. The van der Waals surface area contributed by atoms with Crippen molar-refractivity contribution in [3.05, 3.63) is 51.4 Å². The van der Waals surface area contributed by atoms with Gasteiger partial charge in [0.05, 0.1) is 5.56 Å². The summed E-state index contributed by atoms with van der Waals surface area (Å²) in [5.41, 5.74) is 8.24. The molecule has 6 nitrogen and oxygen atoms in total. The molecule has 7 heteroatoms. The van der Waals surface area contributed by atoms with Crippen molar-refractivity contribution in [3.63, 3.8) is 0 Å². The second kappa shape index (κ2) is 9.43. The Morgan fingerprint density at radius 3 is 2.47 bits per heavy atom. The van der Waals surface area contributed by atoms with Gasteiger partial charge in [0.15, 0.2) is 0 Å². The molecule has 3 N–H and O–H groups in total. The molecule has 1 aromatic carbocycles. The predicted molar refractivity (Wildman–Crippen MR) is 120 cm³/mol. The van der Waals surface area contributed by atoms with Gasteiger partial charge in [-0.3, -0.25) is 14.4 Å². The minimum absolute atomic E-state index is 0.0416. The summed E-state index contributed by atoms with van der Waals surface area (Å²) in [5.74, 6) is -1.01. The molecule has 0 radical (unpaired) electrons. The Morgan fingerprint density at radius 1 is 1.13 bits per heavy atom. The first kappa shape index (κ1) is 22.0. The maximum atomic E-state index is 13.3. The minimum atomic E-state index is -0.563. The van der Waals surface area contributed by atoms with Crippen molar-refractivity contribution in [2.45, 2.75) is 58.9 Å². The largest absolute Gasteiger partial charge is 0.365 e. The van der Waals surface area contributed by atoms with E-state index >= 15 is 0 Å². The van der Waals surface area contributed by atoms with Crippen LogP contribution >= 0.6 is 11.3 Å². The number of thiophene rings is 1. The number of nitrogens with one attached hydrogen (secondary N) is 1. The number of carbonyl (C=O) groups is 3. The topological polar surface area (TPSA) is 92.5 Å². The molecule has 1 aliphatic rings. The highest BCUT2D eigenvalue weighted by molar-refractivity contribution is 7.16. The maximum Gasteiger partial charge on any atom is 0.254 e. The number of carbonyl (C=O) groups excluding carboxylic acids is 3. The van der Waals surface area contributed by atoms with Crippen molar-refractivity contribution >= 4 is 34.1 Å². The molecular weight excluding hydrogens is 398 g/mol. The van der Waals surface area contributed by atoms with E-state index in [4.69, 9.17) is 5.73 Å². The van der Waals surface area contributed by atoms with Crippen LogP contribution in [-0.2, 0) is 4.79 Å². The van der Waals surface area contributed by atoms with Crippen molar-refractivity contribution in [1.82, 2.24) is 4.90 Å². The summed E-state index contributed by atoms with van der Waals surface area (Å²) >= 11 is 1.33. The van der Waals surface area contributed by atoms with Gasteiger partial charge in [0.25, 0.3) is 11.8 Å². The molecule has 1 aliphatic carbocycles. The van der Waals surface area contributed by atoms with Crippen LogP contribution in [0.5, 0.6) is 0 Å². The number of hydrogen-bond acceptors (Lipinski definition) is 4. The molecule has 160 valence electrons. The number of nitrogens with zero attached hydrogens (tertiary/aromatic N) is 1. The number of aryl methyl sites for hydroxylation is 2. The molecule has 1 aromatic heterocycles. The van der Waals surface area contributed by atoms with Crippen LogP contribution in [0.2, 0.25) is 0 Å². The number of nitrogens with two attached hydrogens (primary N) is 1. The lowest BCUT2D eigenvalue weighted by molar-refractivity contribution is -0.117. The fourth-order valence-corrected chi connectivity index (χ4v) is 5.12. The lowest BCUT2D eigenvalue weighted by atomic mass is 9.93. The third-order valence-corrected chi connectivity index (χ3v) is 6.86. The third kappa shape index (κ3) is 4.90. The van der Waals surface area contributed by atoms with Crippen LogP contribution in [0, 0.1) is 20.8 Å². The number of rotatable bonds is 6. The molecule has 2 aromatic rings. The van der Waals surface area contributed by atoms with Gasteiger partial charge >= 0.3 is 0 Å². The average Bonchev–Trinajstić information content (AvgIpc) is 2.99. The van der Waals surface area contributed by atoms with E-state index in [2.05, 4.69) is 5.32 Å². The minimum Gasteiger partial charge on any atom is -0.365 e. The molecule has 3 amide bonds. The van der Waals surface area contributed by atoms with Gasteiger partial charge in [0, 0.05) is 16.5 Å². The fourth-order valence-electron chi connectivity index (χ4n) is 4.04. The summed E-state index contributed by atoms with van der Waals surface area (Å²) in [7, 11) is 0. The quantitative estimate of drug-likeness (QED) is 0.724. The van der Waals surface area contributed by atoms with E-state index in [9.17, 15) is 14.4 Å². The first-order valence-electron chi connectivity index (χ1n) is 10.3. The summed E-state index contributed by atoms with van der Waals surface area (Å²) in [6.45, 7) is 5.60. The van der Waals surface area contributed by atoms with E-state index in [1.54, 1.807) is 11.0 Å². The van der Waals surface area contributed by atoms with Crippen LogP contribution in [0.1, 0.15) is 68.8 Å². The number of primary amides is 1. The Bertz CT molecular complexity index is 961. The number of benzene rings is 1. The molecular formula is C23H29N3O3S. The first-order valence-corrected chi connectivity index (χ1v) is 11.2. The lowest BCUT2D eigenvalue weighted by Crippen LogP contribution is -2.45. The molecule has 3 rings (SSSR count). The van der Waals surface area contributed by atoms with Gasteiger partial charge in [0.2, 0.25) is 5.91 Å². The highest BCUT2D eigenvalue weighted by atomic mass is 32.1. The first-order chi connectivity index (χ1) is 14.3. The summed E-state index contributed by atoms with van der Waals surface area (Å²) in [6.07, 6.45) is 5.06. The Labute approximate surface area is 181 Å². The van der Waals surface area contributed by atoms with Crippen LogP contribution in [-0.4, -0.2) is 35.2 Å². The van der Waals surface area contributed by atoms with E-state index in [0.29, 0.717) is 16.1 Å². The van der Waals surface area contributed by atoms with Gasteiger partial charge in [-0.2, -0.15) is 0 Å². The monoisotopic (exact) mass is 427 g/mol. The lowest BCUT2D eigenvalue weighted by Gasteiger charge is -2.34. The van der Waals surface area contributed by atoms with Crippen molar-refractivity contribution in [1.29, 1.82) is 0 Å². The molecule has 0 saturated heterocycles. The second-order valence-electron chi connectivity index (χ2n) is 7.99. The summed E-state index contributed by atoms with van der Waals surface area (Å²) < 4.78 is 0. The van der Waals surface area contributed by atoms with Gasteiger partial charge in [0.1, 0.15) is 11.5 Å². The van der Waals surface area contributed by atoms with E-state index < -0.39 is 5.91 Å².